The molecule has 0 spiro atoms. The lowest BCUT2D eigenvalue weighted by molar-refractivity contribution is -0.290. The Morgan fingerprint density at radius 3 is 2.33 bits per heavy atom. The third-order valence-corrected chi connectivity index (χ3v) is 8.39. The van der Waals surface area contributed by atoms with E-state index in [1.807, 2.05) is 101 Å². The number of carbonyl (C=O) groups excluding carboxylic acids is 1. The number of halogens is 1. The van der Waals surface area contributed by atoms with Gasteiger partial charge >= 0.3 is 5.97 Å². The zero-order chi connectivity index (χ0) is 34.4. The lowest BCUT2D eigenvalue weighted by atomic mass is 9.98. The molecule has 0 saturated carbocycles. The maximum Gasteiger partial charge on any atom is 0.308 e. The van der Waals surface area contributed by atoms with Gasteiger partial charge in [0.25, 0.3) is 5.56 Å². The first-order chi connectivity index (χ1) is 22.7. The number of benzene rings is 3. The van der Waals surface area contributed by atoms with Gasteiger partial charge in [-0.1, -0.05) is 54.6 Å². The number of para-hydroxylation sites is 2. The van der Waals surface area contributed by atoms with E-state index in [1.54, 1.807) is 16.7 Å². The highest BCUT2D eigenvalue weighted by atomic mass is 19.1. The Morgan fingerprint density at radius 1 is 1.00 bits per heavy atom. The van der Waals surface area contributed by atoms with Crippen LogP contribution in [0.5, 0.6) is 0 Å². The van der Waals surface area contributed by atoms with Crippen LogP contribution in [0.4, 0.5) is 4.39 Å². The molecular formula is C40H43FN2O5. The topological polar surface area (TPSA) is 71.7 Å². The monoisotopic (exact) mass is 650 g/mol. The third-order valence-electron chi connectivity index (χ3n) is 8.39. The second kappa shape index (κ2) is 12.8. The van der Waals surface area contributed by atoms with Gasteiger partial charge in [-0.05, 0) is 90.4 Å². The molecule has 6 rings (SSSR count). The Hall–Kier alpha value is -4.53. The Bertz CT molecular complexity index is 2050. The Balaban J connectivity index is 1.56. The molecule has 1 fully saturated rings. The number of aromatic nitrogens is 2. The van der Waals surface area contributed by atoms with Crippen molar-refractivity contribution in [2.45, 2.75) is 90.9 Å². The van der Waals surface area contributed by atoms with E-state index >= 15 is 0 Å². The van der Waals surface area contributed by atoms with Gasteiger partial charge in [0.15, 0.2) is 5.79 Å². The number of esters is 1. The van der Waals surface area contributed by atoms with E-state index in [0.29, 0.717) is 11.9 Å². The van der Waals surface area contributed by atoms with Crippen molar-refractivity contribution in [3.05, 3.63) is 107 Å². The molecule has 0 bridgehead atoms. The highest BCUT2D eigenvalue weighted by Gasteiger charge is 2.36. The normalized spacial score (nSPS) is 18.3. The van der Waals surface area contributed by atoms with Gasteiger partial charge < -0.3 is 18.8 Å². The summed E-state index contributed by atoms with van der Waals surface area (Å²) < 4.78 is 36.1. The minimum absolute atomic E-state index is 0.104. The van der Waals surface area contributed by atoms with Crippen molar-refractivity contribution in [1.29, 1.82) is 0 Å². The second-order valence-corrected chi connectivity index (χ2v) is 14.1. The fourth-order valence-electron chi connectivity index (χ4n) is 6.78. The van der Waals surface area contributed by atoms with Crippen LogP contribution in [0.3, 0.4) is 0 Å². The number of hydrogen-bond acceptors (Lipinski definition) is 5. The summed E-state index contributed by atoms with van der Waals surface area (Å²) in [6.45, 7) is 13.3. The van der Waals surface area contributed by atoms with E-state index in [0.717, 1.165) is 38.8 Å². The number of carbonyl (C=O) groups is 1. The summed E-state index contributed by atoms with van der Waals surface area (Å²) >= 11 is 0. The molecule has 3 heterocycles. The maximum absolute atomic E-state index is 14.7. The first-order valence-corrected chi connectivity index (χ1v) is 16.5. The molecule has 0 amide bonds. The van der Waals surface area contributed by atoms with Crippen molar-refractivity contribution in [2.75, 3.05) is 0 Å². The average Bonchev–Trinajstić information content (AvgIpc) is 3.35. The Morgan fingerprint density at radius 2 is 1.67 bits per heavy atom. The van der Waals surface area contributed by atoms with Crippen LogP contribution >= 0.6 is 0 Å². The standard InChI is InChI=1S/C40H43FN2O5/c1-25(2)42-33(22-21-29-23-30(47-40(6,7)46-29)24-34(44)48-39(3,4)5)35(26-17-19-27(41)20-18-26)36-31-15-11-12-16-32(31)43(38(45)37(36)42)28-13-9-8-10-14-28/h8-22,25,29-30H,23-24H2,1-7H3/b22-21+. The predicted molar refractivity (Wildman–Crippen MR) is 189 cm³/mol. The molecule has 2 aromatic heterocycles. The minimum Gasteiger partial charge on any atom is -0.460 e. The van der Waals surface area contributed by atoms with Crippen molar-refractivity contribution in [2.24, 2.45) is 0 Å². The van der Waals surface area contributed by atoms with Crippen LogP contribution in [0, 0.1) is 5.82 Å². The van der Waals surface area contributed by atoms with Gasteiger partial charge in [-0.3, -0.25) is 14.2 Å². The van der Waals surface area contributed by atoms with E-state index in [4.69, 9.17) is 14.2 Å². The number of nitrogens with zero attached hydrogens (tertiary/aromatic N) is 2. The fourth-order valence-corrected chi connectivity index (χ4v) is 6.78. The molecule has 5 aromatic rings. The van der Waals surface area contributed by atoms with Crippen molar-refractivity contribution in [3.63, 3.8) is 0 Å². The molecule has 2 atom stereocenters. The molecule has 7 nitrogen and oxygen atoms in total. The molecule has 48 heavy (non-hydrogen) atoms. The van der Waals surface area contributed by atoms with Gasteiger partial charge in [0.05, 0.1) is 24.1 Å². The number of pyridine rings is 1. The van der Waals surface area contributed by atoms with E-state index in [2.05, 4.69) is 18.4 Å². The summed E-state index contributed by atoms with van der Waals surface area (Å²) in [5, 5.41) is 1.71. The van der Waals surface area contributed by atoms with Crippen LogP contribution in [-0.4, -0.2) is 38.7 Å². The summed E-state index contributed by atoms with van der Waals surface area (Å²) in [5.41, 5.74) is 3.79. The van der Waals surface area contributed by atoms with Crippen LogP contribution in [0.25, 0.3) is 44.7 Å². The van der Waals surface area contributed by atoms with Gasteiger partial charge in [-0.2, -0.15) is 0 Å². The highest BCUT2D eigenvalue weighted by Crippen LogP contribution is 2.41. The van der Waals surface area contributed by atoms with E-state index in [9.17, 15) is 14.0 Å². The summed E-state index contributed by atoms with van der Waals surface area (Å²) in [7, 11) is 0. The molecule has 0 aliphatic carbocycles. The van der Waals surface area contributed by atoms with Gasteiger partial charge in [0.1, 0.15) is 16.9 Å². The van der Waals surface area contributed by atoms with Crippen LogP contribution in [0.1, 0.15) is 73.0 Å². The lowest BCUT2D eigenvalue weighted by Gasteiger charge is -2.39. The molecular weight excluding hydrogens is 607 g/mol. The molecule has 8 heteroatoms. The Kier molecular flexibility index (Phi) is 8.92. The van der Waals surface area contributed by atoms with Crippen molar-refractivity contribution in [3.8, 4) is 16.8 Å². The maximum atomic E-state index is 14.7. The predicted octanol–water partition coefficient (Wildman–Crippen LogP) is 8.99. The van der Waals surface area contributed by atoms with Crippen LogP contribution in [0.2, 0.25) is 0 Å². The number of ether oxygens (including phenoxy) is 3. The van der Waals surface area contributed by atoms with Crippen LogP contribution in [-0.2, 0) is 19.0 Å². The third kappa shape index (κ3) is 6.73. The SMILES string of the molecule is CC(C)n1c(/C=C/C2CC(CC(=O)OC(C)(C)C)OC(C)(C)O2)c(-c2ccc(F)cc2)c2c3ccccc3n(-c3ccccc3)c(=O)c21. The summed E-state index contributed by atoms with van der Waals surface area (Å²) in [6, 6.07) is 23.8. The largest absolute Gasteiger partial charge is 0.460 e. The first-order valence-electron chi connectivity index (χ1n) is 16.5. The zero-order valence-corrected chi connectivity index (χ0v) is 28.6. The van der Waals surface area contributed by atoms with Crippen molar-refractivity contribution >= 4 is 33.9 Å². The smallest absolute Gasteiger partial charge is 0.308 e. The van der Waals surface area contributed by atoms with Crippen LogP contribution < -0.4 is 5.56 Å². The number of fused-ring (bicyclic) bond motifs is 3. The number of hydrogen-bond donors (Lipinski definition) is 0. The molecule has 3 aromatic carbocycles. The molecule has 1 aliphatic heterocycles. The second-order valence-electron chi connectivity index (χ2n) is 14.1. The van der Waals surface area contributed by atoms with E-state index in [1.165, 1.54) is 12.1 Å². The molecule has 250 valence electrons. The first kappa shape index (κ1) is 33.4. The van der Waals surface area contributed by atoms with Gasteiger partial charge in [-0.25, -0.2) is 4.39 Å². The minimum atomic E-state index is -0.940. The number of rotatable bonds is 7. The summed E-state index contributed by atoms with van der Waals surface area (Å²) in [4.78, 5) is 27.4. The molecule has 1 saturated heterocycles. The summed E-state index contributed by atoms with van der Waals surface area (Å²) in [5.74, 6) is -1.61. The molecule has 1 aliphatic rings. The van der Waals surface area contributed by atoms with Gasteiger partial charge in [-0.15, -0.1) is 0 Å². The van der Waals surface area contributed by atoms with Gasteiger partial charge in [0.2, 0.25) is 0 Å². The van der Waals surface area contributed by atoms with Crippen LogP contribution in [0.15, 0.2) is 89.7 Å². The fraction of sp³-hybridized carbons (Fsp3) is 0.350. The molecule has 0 radical (unpaired) electrons. The highest BCUT2D eigenvalue weighted by molar-refractivity contribution is 6.15. The summed E-state index contributed by atoms with van der Waals surface area (Å²) in [6.07, 6.45) is 3.72. The van der Waals surface area contributed by atoms with E-state index < -0.39 is 23.6 Å². The van der Waals surface area contributed by atoms with Crippen molar-refractivity contribution < 1.29 is 23.4 Å². The molecule has 0 N–H and O–H groups in total. The zero-order valence-electron chi connectivity index (χ0n) is 28.6. The van der Waals surface area contributed by atoms with Gasteiger partial charge in [0, 0.05) is 40.2 Å². The van der Waals surface area contributed by atoms with Crippen molar-refractivity contribution in [1.82, 2.24) is 9.13 Å². The average molecular weight is 651 g/mol. The lowest BCUT2D eigenvalue weighted by Crippen LogP contribution is -2.45. The molecule has 2 unspecified atom stereocenters. The quantitative estimate of drug-likeness (QED) is 0.165. The van der Waals surface area contributed by atoms with E-state index in [-0.39, 0.29) is 29.8 Å². The Labute approximate surface area is 280 Å².